The maximum absolute atomic E-state index is 11.9. The van der Waals surface area contributed by atoms with Gasteiger partial charge in [0, 0.05) is 12.5 Å². The summed E-state index contributed by atoms with van der Waals surface area (Å²) >= 11 is 0. The van der Waals surface area contributed by atoms with Crippen LogP contribution in [0, 0.1) is 5.92 Å². The van der Waals surface area contributed by atoms with E-state index in [1.807, 2.05) is 0 Å². The number of anilines is 2. The third kappa shape index (κ3) is 5.39. The van der Waals surface area contributed by atoms with E-state index < -0.39 is 0 Å². The quantitative estimate of drug-likeness (QED) is 0.787. The van der Waals surface area contributed by atoms with Crippen LogP contribution >= 0.6 is 12.4 Å². The second-order valence-corrected chi connectivity index (χ2v) is 4.39. The molecule has 0 bridgehead atoms. The number of nitrogens with two attached hydrogens (primary N) is 1. The van der Waals surface area contributed by atoms with Gasteiger partial charge >= 0.3 is 0 Å². The SMILES string of the molecule is CCC(CC)CC(=O)Nc1cc(OC)ccc1N.Cl. The Labute approximate surface area is 121 Å². The summed E-state index contributed by atoms with van der Waals surface area (Å²) in [5, 5.41) is 2.84. The van der Waals surface area contributed by atoms with Gasteiger partial charge in [-0.2, -0.15) is 0 Å². The number of benzene rings is 1. The fourth-order valence-electron chi connectivity index (χ4n) is 1.81. The molecule has 1 aromatic rings. The van der Waals surface area contributed by atoms with Gasteiger partial charge < -0.3 is 15.8 Å². The largest absolute Gasteiger partial charge is 0.497 e. The van der Waals surface area contributed by atoms with Crippen LogP contribution in [-0.4, -0.2) is 13.0 Å². The van der Waals surface area contributed by atoms with Crippen molar-refractivity contribution < 1.29 is 9.53 Å². The molecule has 0 unspecified atom stereocenters. The van der Waals surface area contributed by atoms with E-state index in [2.05, 4.69) is 19.2 Å². The van der Waals surface area contributed by atoms with E-state index >= 15 is 0 Å². The van der Waals surface area contributed by atoms with Crippen LogP contribution in [0.4, 0.5) is 11.4 Å². The lowest BCUT2D eigenvalue weighted by atomic mass is 9.99. The van der Waals surface area contributed by atoms with Gasteiger partial charge in [-0.3, -0.25) is 4.79 Å². The molecule has 0 aliphatic rings. The Kier molecular flexibility index (Phi) is 8.00. The zero-order valence-electron chi connectivity index (χ0n) is 11.7. The molecule has 19 heavy (non-hydrogen) atoms. The van der Waals surface area contributed by atoms with E-state index in [0.717, 1.165) is 12.8 Å². The number of methoxy groups -OCH3 is 1. The number of rotatable bonds is 6. The van der Waals surface area contributed by atoms with Crippen molar-refractivity contribution in [3.8, 4) is 5.75 Å². The van der Waals surface area contributed by atoms with E-state index in [0.29, 0.717) is 29.5 Å². The Morgan fingerprint density at radius 2 is 2.00 bits per heavy atom. The third-order valence-electron chi connectivity index (χ3n) is 3.16. The van der Waals surface area contributed by atoms with E-state index in [1.54, 1.807) is 25.3 Å². The van der Waals surface area contributed by atoms with Gasteiger partial charge in [-0.1, -0.05) is 26.7 Å². The Balaban J connectivity index is 0.00000324. The Bertz CT molecular complexity index is 406. The van der Waals surface area contributed by atoms with Crippen molar-refractivity contribution >= 4 is 29.7 Å². The maximum atomic E-state index is 11.9. The first-order valence-electron chi connectivity index (χ1n) is 6.34. The molecule has 1 amide bonds. The summed E-state index contributed by atoms with van der Waals surface area (Å²) in [6.45, 7) is 4.20. The lowest BCUT2D eigenvalue weighted by Crippen LogP contribution is -2.16. The predicted molar refractivity (Wildman–Crippen MR) is 82.0 cm³/mol. The highest BCUT2D eigenvalue weighted by atomic mass is 35.5. The average molecular weight is 287 g/mol. The Morgan fingerprint density at radius 1 is 1.37 bits per heavy atom. The van der Waals surface area contributed by atoms with Crippen LogP contribution in [0.3, 0.4) is 0 Å². The smallest absolute Gasteiger partial charge is 0.224 e. The van der Waals surface area contributed by atoms with Crippen LogP contribution in [0.15, 0.2) is 18.2 Å². The maximum Gasteiger partial charge on any atom is 0.224 e. The molecule has 0 radical (unpaired) electrons. The molecule has 1 rings (SSSR count). The molecule has 5 heteroatoms. The minimum atomic E-state index is 0. The summed E-state index contributed by atoms with van der Waals surface area (Å²) in [4.78, 5) is 11.9. The number of halogens is 1. The minimum absolute atomic E-state index is 0. The molecule has 108 valence electrons. The first-order chi connectivity index (χ1) is 8.60. The predicted octanol–water partition coefficient (Wildman–Crippen LogP) is 3.46. The normalized spacial score (nSPS) is 9.89. The fourth-order valence-corrected chi connectivity index (χ4v) is 1.81. The first kappa shape index (κ1) is 17.6. The average Bonchev–Trinajstić information content (AvgIpc) is 2.38. The number of nitrogens with one attached hydrogen (secondary N) is 1. The fraction of sp³-hybridized carbons (Fsp3) is 0.500. The molecule has 0 saturated heterocycles. The number of ether oxygens (including phenoxy) is 1. The van der Waals surface area contributed by atoms with E-state index in [4.69, 9.17) is 10.5 Å². The van der Waals surface area contributed by atoms with Crippen molar-refractivity contribution in [1.82, 2.24) is 0 Å². The van der Waals surface area contributed by atoms with E-state index in [1.165, 1.54) is 0 Å². The van der Waals surface area contributed by atoms with Crippen molar-refractivity contribution in [1.29, 1.82) is 0 Å². The van der Waals surface area contributed by atoms with Crippen LogP contribution in [0.25, 0.3) is 0 Å². The van der Waals surface area contributed by atoms with Crippen LogP contribution in [0.2, 0.25) is 0 Å². The molecule has 1 aromatic carbocycles. The van der Waals surface area contributed by atoms with Gasteiger partial charge in [-0.05, 0) is 18.1 Å². The summed E-state index contributed by atoms with van der Waals surface area (Å²) in [6, 6.07) is 5.23. The number of hydrogen-bond donors (Lipinski definition) is 2. The molecule has 3 N–H and O–H groups in total. The molecular formula is C14H23ClN2O2. The zero-order valence-corrected chi connectivity index (χ0v) is 12.5. The number of nitrogen functional groups attached to an aromatic ring is 1. The van der Waals surface area contributed by atoms with Gasteiger partial charge in [0.15, 0.2) is 0 Å². The van der Waals surface area contributed by atoms with E-state index in [-0.39, 0.29) is 18.3 Å². The highest BCUT2D eigenvalue weighted by molar-refractivity contribution is 5.94. The first-order valence-corrected chi connectivity index (χ1v) is 6.34. The number of hydrogen-bond acceptors (Lipinski definition) is 3. The summed E-state index contributed by atoms with van der Waals surface area (Å²) in [5.74, 6) is 1.11. The molecule has 0 spiro atoms. The zero-order chi connectivity index (χ0) is 13.5. The van der Waals surface area contributed by atoms with Crippen LogP contribution in [-0.2, 0) is 4.79 Å². The highest BCUT2D eigenvalue weighted by Crippen LogP contribution is 2.25. The van der Waals surface area contributed by atoms with Crippen LogP contribution < -0.4 is 15.8 Å². The molecular weight excluding hydrogens is 264 g/mol. The van der Waals surface area contributed by atoms with Crippen molar-refractivity contribution in [3.63, 3.8) is 0 Å². The summed E-state index contributed by atoms with van der Waals surface area (Å²) < 4.78 is 5.11. The van der Waals surface area contributed by atoms with Crippen LogP contribution in [0.5, 0.6) is 5.75 Å². The van der Waals surface area contributed by atoms with Crippen molar-refractivity contribution in [2.45, 2.75) is 33.1 Å². The lowest BCUT2D eigenvalue weighted by molar-refractivity contribution is -0.117. The number of carbonyl (C=O) groups excluding carboxylic acids is 1. The molecule has 0 aromatic heterocycles. The second kappa shape index (κ2) is 8.64. The van der Waals surface area contributed by atoms with Gasteiger partial charge in [0.2, 0.25) is 5.91 Å². The monoisotopic (exact) mass is 286 g/mol. The number of carbonyl (C=O) groups is 1. The summed E-state index contributed by atoms with van der Waals surface area (Å²) in [7, 11) is 1.58. The molecule has 4 nitrogen and oxygen atoms in total. The van der Waals surface area contributed by atoms with Crippen molar-refractivity contribution in [2.75, 3.05) is 18.2 Å². The number of amides is 1. The van der Waals surface area contributed by atoms with Crippen molar-refractivity contribution in [2.24, 2.45) is 5.92 Å². The molecule has 0 heterocycles. The minimum Gasteiger partial charge on any atom is -0.497 e. The molecule has 0 aliphatic heterocycles. The molecule has 0 atom stereocenters. The summed E-state index contributed by atoms with van der Waals surface area (Å²) in [6.07, 6.45) is 2.55. The van der Waals surface area contributed by atoms with Crippen LogP contribution in [0.1, 0.15) is 33.1 Å². The third-order valence-corrected chi connectivity index (χ3v) is 3.16. The molecule has 0 fully saturated rings. The highest BCUT2D eigenvalue weighted by Gasteiger charge is 2.11. The standard InChI is InChI=1S/C14H22N2O2.ClH/c1-4-10(5-2)8-14(17)16-13-9-11(18-3)6-7-12(13)15;/h6-7,9-10H,4-5,8,15H2,1-3H3,(H,16,17);1H. The molecule has 0 saturated carbocycles. The van der Waals surface area contributed by atoms with Crippen molar-refractivity contribution in [3.05, 3.63) is 18.2 Å². The van der Waals surface area contributed by atoms with Gasteiger partial charge in [0.1, 0.15) is 5.75 Å². The summed E-state index contributed by atoms with van der Waals surface area (Å²) in [5.41, 5.74) is 6.98. The lowest BCUT2D eigenvalue weighted by Gasteiger charge is -2.13. The topological polar surface area (TPSA) is 64.3 Å². The van der Waals surface area contributed by atoms with E-state index in [9.17, 15) is 4.79 Å². The Hall–Kier alpha value is -1.42. The van der Waals surface area contributed by atoms with Gasteiger partial charge in [-0.25, -0.2) is 0 Å². The second-order valence-electron chi connectivity index (χ2n) is 4.39. The molecule has 0 aliphatic carbocycles. The van der Waals surface area contributed by atoms with Gasteiger partial charge in [0.25, 0.3) is 0 Å². The van der Waals surface area contributed by atoms with Gasteiger partial charge in [-0.15, -0.1) is 12.4 Å². The Morgan fingerprint density at radius 3 is 2.53 bits per heavy atom. The van der Waals surface area contributed by atoms with Gasteiger partial charge in [0.05, 0.1) is 18.5 Å².